The standard InChI is InChI=1S/C21H27N3O2/c1-15(2)20(24-19(25)13-16-9-5-3-6-10-16)21(26)23-14-18(22)17-11-7-4-8-12-17/h3-12,15,18,20H,13-14,22H2,1-2H3,(H,23,26)(H,24,25). The second kappa shape index (κ2) is 9.73. The molecule has 5 nitrogen and oxygen atoms in total. The molecule has 26 heavy (non-hydrogen) atoms. The van der Waals surface area contributed by atoms with Crippen LogP contribution in [0.4, 0.5) is 0 Å². The number of carbonyl (C=O) groups is 2. The molecule has 2 atom stereocenters. The Morgan fingerprint density at radius 2 is 1.54 bits per heavy atom. The summed E-state index contributed by atoms with van der Waals surface area (Å²) >= 11 is 0. The zero-order chi connectivity index (χ0) is 18.9. The highest BCUT2D eigenvalue weighted by Crippen LogP contribution is 2.09. The summed E-state index contributed by atoms with van der Waals surface area (Å²) in [6.07, 6.45) is 0.251. The number of hydrogen-bond donors (Lipinski definition) is 3. The van der Waals surface area contributed by atoms with Gasteiger partial charge in [-0.15, -0.1) is 0 Å². The molecule has 0 aliphatic rings. The third kappa shape index (κ3) is 6.01. The van der Waals surface area contributed by atoms with Gasteiger partial charge < -0.3 is 16.4 Å². The van der Waals surface area contributed by atoms with Crippen molar-refractivity contribution in [3.63, 3.8) is 0 Å². The Kier molecular flexibility index (Phi) is 7.36. The Morgan fingerprint density at radius 1 is 0.962 bits per heavy atom. The molecular weight excluding hydrogens is 326 g/mol. The van der Waals surface area contributed by atoms with Gasteiger partial charge in [-0.25, -0.2) is 0 Å². The van der Waals surface area contributed by atoms with Crippen molar-refractivity contribution >= 4 is 11.8 Å². The van der Waals surface area contributed by atoms with E-state index in [1.807, 2.05) is 74.5 Å². The molecule has 2 unspecified atom stereocenters. The Balaban J connectivity index is 1.89. The first-order valence-electron chi connectivity index (χ1n) is 8.89. The van der Waals surface area contributed by atoms with E-state index in [4.69, 9.17) is 5.73 Å². The molecule has 0 aliphatic heterocycles. The fourth-order valence-corrected chi connectivity index (χ4v) is 2.68. The van der Waals surface area contributed by atoms with Crippen molar-refractivity contribution in [2.45, 2.75) is 32.4 Å². The summed E-state index contributed by atoms with van der Waals surface area (Å²) in [6, 6.07) is 18.2. The van der Waals surface area contributed by atoms with E-state index in [-0.39, 0.29) is 30.2 Å². The van der Waals surface area contributed by atoms with E-state index in [1.165, 1.54) is 0 Å². The predicted molar refractivity (Wildman–Crippen MR) is 103 cm³/mol. The van der Waals surface area contributed by atoms with Gasteiger partial charge in [-0.2, -0.15) is 0 Å². The van der Waals surface area contributed by atoms with E-state index in [9.17, 15) is 9.59 Å². The summed E-state index contributed by atoms with van der Waals surface area (Å²) in [4.78, 5) is 24.8. The zero-order valence-electron chi connectivity index (χ0n) is 15.3. The molecule has 0 aliphatic carbocycles. The Morgan fingerprint density at radius 3 is 2.12 bits per heavy atom. The molecule has 0 bridgehead atoms. The molecule has 0 heterocycles. The van der Waals surface area contributed by atoms with Crippen LogP contribution >= 0.6 is 0 Å². The van der Waals surface area contributed by atoms with Crippen molar-refractivity contribution in [1.29, 1.82) is 0 Å². The highest BCUT2D eigenvalue weighted by Gasteiger charge is 2.24. The number of nitrogens with one attached hydrogen (secondary N) is 2. The van der Waals surface area contributed by atoms with Gasteiger partial charge in [0.15, 0.2) is 0 Å². The molecule has 0 radical (unpaired) electrons. The Labute approximate surface area is 155 Å². The van der Waals surface area contributed by atoms with Crippen LogP contribution in [0.5, 0.6) is 0 Å². The van der Waals surface area contributed by atoms with Gasteiger partial charge in [0.05, 0.1) is 6.42 Å². The Bertz CT molecular complexity index is 702. The average Bonchev–Trinajstić information content (AvgIpc) is 2.65. The number of amides is 2. The highest BCUT2D eigenvalue weighted by molar-refractivity contribution is 5.88. The van der Waals surface area contributed by atoms with Crippen LogP contribution in [0.2, 0.25) is 0 Å². The molecule has 0 saturated carbocycles. The first-order valence-corrected chi connectivity index (χ1v) is 8.89. The largest absolute Gasteiger partial charge is 0.352 e. The molecule has 0 aromatic heterocycles. The first kappa shape index (κ1) is 19.7. The predicted octanol–water partition coefficient (Wildman–Crippen LogP) is 2.19. The van der Waals surface area contributed by atoms with Gasteiger partial charge in [-0.1, -0.05) is 74.5 Å². The van der Waals surface area contributed by atoms with Crippen LogP contribution in [0.25, 0.3) is 0 Å². The number of rotatable bonds is 8. The number of nitrogens with two attached hydrogens (primary N) is 1. The molecule has 2 rings (SSSR count). The summed E-state index contributed by atoms with van der Waals surface area (Å²) in [7, 11) is 0. The fourth-order valence-electron chi connectivity index (χ4n) is 2.68. The Hall–Kier alpha value is -2.66. The van der Waals surface area contributed by atoms with Crippen LogP contribution in [0, 0.1) is 5.92 Å². The van der Waals surface area contributed by atoms with Crippen LogP contribution in [-0.2, 0) is 16.0 Å². The third-order valence-electron chi connectivity index (χ3n) is 4.20. The van der Waals surface area contributed by atoms with E-state index < -0.39 is 6.04 Å². The molecule has 0 fully saturated rings. The maximum Gasteiger partial charge on any atom is 0.242 e. The normalized spacial score (nSPS) is 13.1. The van der Waals surface area contributed by atoms with Crippen LogP contribution in [-0.4, -0.2) is 24.4 Å². The minimum absolute atomic E-state index is 0.0253. The summed E-state index contributed by atoms with van der Waals surface area (Å²) in [5.41, 5.74) is 8.00. The van der Waals surface area contributed by atoms with Crippen molar-refractivity contribution in [2.75, 3.05) is 6.54 Å². The van der Waals surface area contributed by atoms with Crippen molar-refractivity contribution in [3.8, 4) is 0 Å². The monoisotopic (exact) mass is 353 g/mol. The molecule has 2 aromatic rings. The summed E-state index contributed by atoms with van der Waals surface area (Å²) in [5, 5.41) is 5.69. The molecule has 2 aromatic carbocycles. The van der Waals surface area contributed by atoms with E-state index in [2.05, 4.69) is 10.6 Å². The van der Waals surface area contributed by atoms with Crippen LogP contribution in [0.3, 0.4) is 0 Å². The van der Waals surface area contributed by atoms with E-state index >= 15 is 0 Å². The lowest BCUT2D eigenvalue weighted by Gasteiger charge is -2.23. The van der Waals surface area contributed by atoms with E-state index in [0.29, 0.717) is 6.54 Å². The van der Waals surface area contributed by atoms with E-state index in [0.717, 1.165) is 11.1 Å². The molecular formula is C21H27N3O2. The van der Waals surface area contributed by atoms with Gasteiger partial charge in [-0.3, -0.25) is 9.59 Å². The molecule has 4 N–H and O–H groups in total. The van der Waals surface area contributed by atoms with Crippen LogP contribution in [0.15, 0.2) is 60.7 Å². The van der Waals surface area contributed by atoms with Crippen molar-refractivity contribution in [1.82, 2.24) is 10.6 Å². The zero-order valence-corrected chi connectivity index (χ0v) is 15.3. The SMILES string of the molecule is CC(C)C(NC(=O)Cc1ccccc1)C(=O)NCC(N)c1ccccc1. The average molecular weight is 353 g/mol. The lowest BCUT2D eigenvalue weighted by atomic mass is 10.0. The molecule has 0 spiro atoms. The van der Waals surface area contributed by atoms with Gasteiger partial charge in [0.2, 0.25) is 11.8 Å². The second-order valence-electron chi connectivity index (χ2n) is 6.71. The lowest BCUT2D eigenvalue weighted by molar-refractivity contribution is -0.129. The molecule has 5 heteroatoms. The quantitative estimate of drug-likeness (QED) is 0.680. The van der Waals surface area contributed by atoms with Crippen LogP contribution < -0.4 is 16.4 Å². The third-order valence-corrected chi connectivity index (χ3v) is 4.20. The minimum Gasteiger partial charge on any atom is -0.352 e. The fraction of sp³-hybridized carbons (Fsp3) is 0.333. The lowest BCUT2D eigenvalue weighted by Crippen LogP contribution is -2.51. The topological polar surface area (TPSA) is 84.2 Å². The number of benzene rings is 2. The van der Waals surface area contributed by atoms with Gasteiger partial charge in [0.25, 0.3) is 0 Å². The van der Waals surface area contributed by atoms with Crippen molar-refractivity contribution in [3.05, 3.63) is 71.8 Å². The molecule has 0 saturated heterocycles. The highest BCUT2D eigenvalue weighted by atomic mass is 16.2. The van der Waals surface area contributed by atoms with Gasteiger partial charge in [0.1, 0.15) is 6.04 Å². The van der Waals surface area contributed by atoms with Gasteiger partial charge in [0, 0.05) is 12.6 Å². The van der Waals surface area contributed by atoms with Gasteiger partial charge >= 0.3 is 0 Å². The summed E-state index contributed by atoms with van der Waals surface area (Å²) in [6.45, 7) is 4.13. The van der Waals surface area contributed by atoms with E-state index in [1.54, 1.807) is 0 Å². The smallest absolute Gasteiger partial charge is 0.242 e. The maximum atomic E-state index is 12.5. The summed E-state index contributed by atoms with van der Waals surface area (Å²) < 4.78 is 0. The van der Waals surface area contributed by atoms with Crippen LogP contribution in [0.1, 0.15) is 31.0 Å². The van der Waals surface area contributed by atoms with Crippen molar-refractivity contribution in [2.24, 2.45) is 11.7 Å². The number of carbonyl (C=O) groups excluding carboxylic acids is 2. The summed E-state index contributed by atoms with van der Waals surface area (Å²) in [5.74, 6) is -0.409. The minimum atomic E-state index is -0.589. The maximum absolute atomic E-state index is 12.5. The number of hydrogen-bond acceptors (Lipinski definition) is 3. The molecule has 138 valence electrons. The first-order chi connectivity index (χ1) is 12.5. The van der Waals surface area contributed by atoms with Crippen molar-refractivity contribution < 1.29 is 9.59 Å². The van der Waals surface area contributed by atoms with Gasteiger partial charge in [-0.05, 0) is 17.0 Å². The second-order valence-corrected chi connectivity index (χ2v) is 6.71. The molecule has 2 amide bonds.